The van der Waals surface area contributed by atoms with Gasteiger partial charge in [0.15, 0.2) is 0 Å². The normalized spacial score (nSPS) is 13.6. The van der Waals surface area contributed by atoms with Gasteiger partial charge in [-0.3, -0.25) is 29.4 Å². The molecule has 3 N–H and O–H groups in total. The SMILES string of the molecule is O=C(CC[C@@H](C(=O)O)N1C(=O)c2ccccc2C1=O)Nc1ccc([N+](=O)[O-])c(CO)c1. The fourth-order valence-corrected chi connectivity index (χ4v) is 3.31. The van der Waals surface area contributed by atoms with Crippen molar-refractivity contribution in [3.05, 3.63) is 69.3 Å². The number of anilines is 1. The molecule has 0 saturated carbocycles. The van der Waals surface area contributed by atoms with Gasteiger partial charge in [0, 0.05) is 18.2 Å². The molecule has 11 heteroatoms. The zero-order valence-electron chi connectivity index (χ0n) is 16.0. The second-order valence-electron chi connectivity index (χ2n) is 6.73. The molecule has 160 valence electrons. The lowest BCUT2D eigenvalue weighted by molar-refractivity contribution is -0.385. The fraction of sp³-hybridized carbons (Fsp3) is 0.200. The number of fused-ring (bicyclic) bond motifs is 1. The molecule has 1 heterocycles. The van der Waals surface area contributed by atoms with Gasteiger partial charge in [0.1, 0.15) is 6.04 Å². The van der Waals surface area contributed by atoms with E-state index in [0.29, 0.717) is 4.90 Å². The summed E-state index contributed by atoms with van der Waals surface area (Å²) in [5, 5.41) is 32.2. The molecule has 1 aliphatic heterocycles. The minimum absolute atomic E-state index is 0.00256. The molecule has 2 aromatic carbocycles. The number of hydrogen-bond donors (Lipinski definition) is 3. The molecule has 0 aliphatic carbocycles. The number of hydrogen-bond acceptors (Lipinski definition) is 7. The van der Waals surface area contributed by atoms with Crippen LogP contribution in [0.15, 0.2) is 42.5 Å². The third kappa shape index (κ3) is 4.26. The number of rotatable bonds is 8. The number of nitro groups is 1. The number of carboxylic acid groups (broad SMARTS) is 1. The number of carbonyl (C=O) groups excluding carboxylic acids is 3. The van der Waals surface area contributed by atoms with Crippen molar-refractivity contribution >= 4 is 35.1 Å². The van der Waals surface area contributed by atoms with E-state index in [9.17, 15) is 39.5 Å². The monoisotopic (exact) mass is 427 g/mol. The summed E-state index contributed by atoms with van der Waals surface area (Å²) in [6, 6.07) is 8.05. The molecule has 2 aromatic rings. The van der Waals surface area contributed by atoms with Gasteiger partial charge in [0.2, 0.25) is 5.91 Å². The molecule has 0 bridgehead atoms. The van der Waals surface area contributed by atoms with Crippen LogP contribution in [-0.4, -0.2) is 49.8 Å². The number of nitrogens with one attached hydrogen (secondary N) is 1. The smallest absolute Gasteiger partial charge is 0.326 e. The lowest BCUT2D eigenvalue weighted by Gasteiger charge is -2.22. The van der Waals surface area contributed by atoms with Crippen LogP contribution < -0.4 is 5.32 Å². The first-order valence-electron chi connectivity index (χ1n) is 9.12. The topological polar surface area (TPSA) is 167 Å². The summed E-state index contributed by atoms with van der Waals surface area (Å²) in [7, 11) is 0. The van der Waals surface area contributed by atoms with Gasteiger partial charge in [-0.25, -0.2) is 4.79 Å². The molecule has 0 saturated heterocycles. The number of imide groups is 1. The van der Waals surface area contributed by atoms with E-state index in [1.54, 1.807) is 12.1 Å². The van der Waals surface area contributed by atoms with Crippen molar-refractivity contribution in [3.63, 3.8) is 0 Å². The maximum Gasteiger partial charge on any atom is 0.326 e. The van der Waals surface area contributed by atoms with Crippen LogP contribution in [-0.2, 0) is 16.2 Å². The summed E-state index contributed by atoms with van der Waals surface area (Å²) in [6.07, 6.45) is -0.664. The number of aliphatic hydroxyl groups excluding tert-OH is 1. The summed E-state index contributed by atoms with van der Waals surface area (Å²) in [6.45, 7) is -0.610. The Hall–Kier alpha value is -4.12. The third-order valence-corrected chi connectivity index (χ3v) is 4.80. The molecule has 3 amide bonds. The quantitative estimate of drug-likeness (QED) is 0.324. The van der Waals surface area contributed by atoms with Crippen LogP contribution >= 0.6 is 0 Å². The lowest BCUT2D eigenvalue weighted by Crippen LogP contribution is -2.45. The molecular weight excluding hydrogens is 410 g/mol. The second-order valence-corrected chi connectivity index (χ2v) is 6.73. The molecule has 3 rings (SSSR count). The van der Waals surface area contributed by atoms with Crippen molar-refractivity contribution in [2.24, 2.45) is 0 Å². The molecule has 11 nitrogen and oxygen atoms in total. The minimum Gasteiger partial charge on any atom is -0.480 e. The molecule has 31 heavy (non-hydrogen) atoms. The second kappa shape index (κ2) is 8.71. The number of amides is 3. The maximum atomic E-state index is 12.5. The first kappa shape index (κ1) is 21.6. The number of aliphatic carboxylic acids is 1. The van der Waals surface area contributed by atoms with Crippen molar-refractivity contribution in [1.29, 1.82) is 0 Å². The molecule has 1 atom stereocenters. The predicted octanol–water partition coefficient (Wildman–Crippen LogP) is 1.56. The Morgan fingerprint density at radius 1 is 1.10 bits per heavy atom. The highest BCUT2D eigenvalue weighted by molar-refractivity contribution is 6.22. The van der Waals surface area contributed by atoms with E-state index in [1.807, 2.05) is 0 Å². The number of nitro benzene ring substituents is 1. The zero-order valence-corrected chi connectivity index (χ0v) is 16.0. The van der Waals surface area contributed by atoms with Crippen molar-refractivity contribution in [2.75, 3.05) is 5.32 Å². The van der Waals surface area contributed by atoms with Crippen molar-refractivity contribution in [1.82, 2.24) is 4.90 Å². The average Bonchev–Trinajstić information content (AvgIpc) is 2.99. The van der Waals surface area contributed by atoms with Gasteiger partial charge in [0.05, 0.1) is 28.2 Å². The van der Waals surface area contributed by atoms with Crippen molar-refractivity contribution in [3.8, 4) is 0 Å². The average molecular weight is 427 g/mol. The number of carbonyl (C=O) groups is 4. The maximum absolute atomic E-state index is 12.5. The molecule has 0 spiro atoms. The van der Waals surface area contributed by atoms with E-state index < -0.39 is 41.3 Å². The first-order chi connectivity index (χ1) is 14.7. The molecule has 1 aliphatic rings. The molecule has 0 unspecified atom stereocenters. The Bertz CT molecular complexity index is 1060. The van der Waals surface area contributed by atoms with Crippen LogP contribution in [0.3, 0.4) is 0 Å². The summed E-state index contributed by atoms with van der Waals surface area (Å²) in [5.74, 6) is -3.53. The highest BCUT2D eigenvalue weighted by Gasteiger charge is 2.42. The van der Waals surface area contributed by atoms with E-state index >= 15 is 0 Å². The Balaban J connectivity index is 1.70. The van der Waals surface area contributed by atoms with Gasteiger partial charge in [-0.15, -0.1) is 0 Å². The standard InChI is InChI=1S/C20H17N3O8/c24-10-11-9-12(5-6-15(11)23(30)31)21-17(25)8-7-16(20(28)29)22-18(26)13-3-1-2-4-14(13)19(22)27/h1-6,9,16,24H,7-8,10H2,(H,21,25)(H,28,29)/t16-/m0/s1. The van der Waals surface area contributed by atoms with Gasteiger partial charge >= 0.3 is 5.97 Å². The van der Waals surface area contributed by atoms with Gasteiger partial charge < -0.3 is 15.5 Å². The summed E-state index contributed by atoms with van der Waals surface area (Å²) >= 11 is 0. The largest absolute Gasteiger partial charge is 0.480 e. The van der Waals surface area contributed by atoms with E-state index in [4.69, 9.17) is 0 Å². The van der Waals surface area contributed by atoms with Gasteiger partial charge in [-0.2, -0.15) is 0 Å². The van der Waals surface area contributed by atoms with Crippen LogP contribution in [0, 0.1) is 10.1 Å². The summed E-state index contributed by atoms with van der Waals surface area (Å²) < 4.78 is 0. The summed E-state index contributed by atoms with van der Waals surface area (Å²) in [5.41, 5.74) is 0.0674. The van der Waals surface area contributed by atoms with Crippen LogP contribution in [0.1, 0.15) is 39.1 Å². The number of nitrogens with zero attached hydrogens (tertiary/aromatic N) is 2. The highest BCUT2D eigenvalue weighted by Crippen LogP contribution is 2.27. The van der Waals surface area contributed by atoms with Crippen LogP contribution in [0.4, 0.5) is 11.4 Å². The van der Waals surface area contributed by atoms with Crippen molar-refractivity contribution in [2.45, 2.75) is 25.5 Å². The van der Waals surface area contributed by atoms with Crippen LogP contribution in [0.25, 0.3) is 0 Å². The third-order valence-electron chi connectivity index (χ3n) is 4.80. The molecule has 0 aromatic heterocycles. The van der Waals surface area contributed by atoms with Gasteiger partial charge in [-0.1, -0.05) is 12.1 Å². The lowest BCUT2D eigenvalue weighted by atomic mass is 10.1. The Morgan fingerprint density at radius 2 is 1.71 bits per heavy atom. The van der Waals surface area contributed by atoms with E-state index in [-0.39, 0.29) is 40.9 Å². The number of aliphatic hydroxyl groups is 1. The minimum atomic E-state index is -1.54. The molecule has 0 fully saturated rings. The van der Waals surface area contributed by atoms with Crippen LogP contribution in [0.2, 0.25) is 0 Å². The fourth-order valence-electron chi connectivity index (χ4n) is 3.31. The predicted molar refractivity (Wildman–Crippen MR) is 105 cm³/mol. The van der Waals surface area contributed by atoms with E-state index in [0.717, 1.165) is 6.07 Å². The van der Waals surface area contributed by atoms with Gasteiger partial charge in [-0.05, 0) is 30.7 Å². The molecular formula is C20H17N3O8. The van der Waals surface area contributed by atoms with Gasteiger partial charge in [0.25, 0.3) is 17.5 Å². The van der Waals surface area contributed by atoms with Crippen molar-refractivity contribution < 1.29 is 34.3 Å². The number of carboxylic acids is 1. The Labute approximate surface area is 175 Å². The first-order valence-corrected chi connectivity index (χ1v) is 9.12. The Morgan fingerprint density at radius 3 is 2.23 bits per heavy atom. The summed E-state index contributed by atoms with van der Waals surface area (Å²) in [4.78, 5) is 59.9. The van der Waals surface area contributed by atoms with Crippen LogP contribution in [0.5, 0.6) is 0 Å². The molecule has 0 radical (unpaired) electrons. The zero-order chi connectivity index (χ0) is 22.7. The Kier molecular flexibility index (Phi) is 6.07. The number of benzene rings is 2. The van der Waals surface area contributed by atoms with E-state index in [1.165, 1.54) is 24.3 Å². The highest BCUT2D eigenvalue weighted by atomic mass is 16.6. The van der Waals surface area contributed by atoms with E-state index in [2.05, 4.69) is 5.32 Å².